The topological polar surface area (TPSA) is 62.6 Å². The van der Waals surface area contributed by atoms with Gasteiger partial charge in [-0.3, -0.25) is 9.69 Å². The standard InChI is InChI=1S/C19H24N2O3/c1-3-8-21(11-14-4-5-14)12-15-9-19(23)24-18-10-16(20-13(2)22)6-7-17(15)18/h6-7,9-10,14H,3-5,8,11-12H2,1-2H3,(H,20,22). The minimum atomic E-state index is -0.347. The van der Waals surface area contributed by atoms with Gasteiger partial charge < -0.3 is 9.73 Å². The zero-order valence-electron chi connectivity index (χ0n) is 14.3. The van der Waals surface area contributed by atoms with E-state index in [9.17, 15) is 9.59 Å². The van der Waals surface area contributed by atoms with Gasteiger partial charge in [0.05, 0.1) is 0 Å². The van der Waals surface area contributed by atoms with Crippen LogP contribution in [0.2, 0.25) is 0 Å². The van der Waals surface area contributed by atoms with Crippen LogP contribution in [0, 0.1) is 5.92 Å². The van der Waals surface area contributed by atoms with Crippen molar-refractivity contribution in [3.8, 4) is 0 Å². The first-order valence-corrected chi connectivity index (χ1v) is 8.62. The van der Waals surface area contributed by atoms with Crippen LogP contribution >= 0.6 is 0 Å². The van der Waals surface area contributed by atoms with Crippen molar-refractivity contribution in [3.05, 3.63) is 40.2 Å². The molecular weight excluding hydrogens is 304 g/mol. The lowest BCUT2D eigenvalue weighted by Crippen LogP contribution is -2.27. The summed E-state index contributed by atoms with van der Waals surface area (Å²) in [5.74, 6) is 0.667. The molecule has 1 N–H and O–H groups in total. The summed E-state index contributed by atoms with van der Waals surface area (Å²) in [6.45, 7) is 6.52. The van der Waals surface area contributed by atoms with Crippen molar-refractivity contribution in [2.24, 2.45) is 5.92 Å². The fraction of sp³-hybridized carbons (Fsp3) is 0.474. The first-order valence-electron chi connectivity index (χ1n) is 8.62. The number of hydrogen-bond donors (Lipinski definition) is 1. The number of hydrogen-bond acceptors (Lipinski definition) is 4. The Kier molecular flexibility index (Phi) is 5.00. The summed E-state index contributed by atoms with van der Waals surface area (Å²) in [6.07, 6.45) is 3.73. The first-order chi connectivity index (χ1) is 11.5. The van der Waals surface area contributed by atoms with Crippen LogP contribution in [0.4, 0.5) is 5.69 Å². The lowest BCUT2D eigenvalue weighted by Gasteiger charge is -2.22. The Bertz CT molecular complexity index is 793. The number of nitrogens with zero attached hydrogens (tertiary/aromatic N) is 1. The van der Waals surface area contributed by atoms with E-state index in [2.05, 4.69) is 17.1 Å². The van der Waals surface area contributed by atoms with Gasteiger partial charge in [-0.2, -0.15) is 0 Å². The average Bonchev–Trinajstić information content (AvgIpc) is 3.30. The summed E-state index contributed by atoms with van der Waals surface area (Å²) >= 11 is 0. The van der Waals surface area contributed by atoms with Gasteiger partial charge in [-0.15, -0.1) is 0 Å². The summed E-state index contributed by atoms with van der Waals surface area (Å²) in [5, 5.41) is 3.65. The molecule has 0 atom stereocenters. The quantitative estimate of drug-likeness (QED) is 0.792. The third-order valence-electron chi connectivity index (χ3n) is 4.30. The highest BCUT2D eigenvalue weighted by atomic mass is 16.4. The lowest BCUT2D eigenvalue weighted by molar-refractivity contribution is -0.114. The van der Waals surface area contributed by atoms with E-state index in [1.165, 1.54) is 19.8 Å². The van der Waals surface area contributed by atoms with Crippen LogP contribution in [0.3, 0.4) is 0 Å². The molecule has 1 fully saturated rings. The van der Waals surface area contributed by atoms with Gasteiger partial charge in [-0.25, -0.2) is 4.79 Å². The van der Waals surface area contributed by atoms with Crippen molar-refractivity contribution in [1.82, 2.24) is 4.90 Å². The zero-order chi connectivity index (χ0) is 17.1. The highest BCUT2D eigenvalue weighted by Gasteiger charge is 2.24. The molecule has 0 bridgehead atoms. The molecule has 1 aliphatic rings. The molecule has 24 heavy (non-hydrogen) atoms. The average molecular weight is 328 g/mol. The summed E-state index contributed by atoms with van der Waals surface area (Å²) < 4.78 is 5.33. The molecular formula is C19H24N2O3. The normalized spacial score (nSPS) is 14.3. The molecule has 0 saturated heterocycles. The number of anilines is 1. The predicted molar refractivity (Wildman–Crippen MR) is 95.1 cm³/mol. The molecule has 0 aliphatic heterocycles. The summed E-state index contributed by atoms with van der Waals surface area (Å²) in [5.41, 5.74) is 1.80. The van der Waals surface area contributed by atoms with Gasteiger partial charge in [0.15, 0.2) is 0 Å². The minimum absolute atomic E-state index is 0.147. The molecule has 5 heteroatoms. The van der Waals surface area contributed by atoms with Gasteiger partial charge in [-0.05, 0) is 49.4 Å². The Morgan fingerprint density at radius 2 is 2.12 bits per heavy atom. The fourth-order valence-electron chi connectivity index (χ4n) is 3.10. The summed E-state index contributed by atoms with van der Waals surface area (Å²) in [4.78, 5) is 25.6. The Hall–Kier alpha value is -2.14. The highest BCUT2D eigenvalue weighted by molar-refractivity contribution is 5.92. The van der Waals surface area contributed by atoms with Crippen molar-refractivity contribution < 1.29 is 9.21 Å². The Morgan fingerprint density at radius 3 is 2.79 bits per heavy atom. The van der Waals surface area contributed by atoms with Crippen molar-refractivity contribution in [2.75, 3.05) is 18.4 Å². The summed E-state index contributed by atoms with van der Waals surface area (Å²) in [7, 11) is 0. The van der Waals surface area contributed by atoms with Gasteiger partial charge in [0.25, 0.3) is 0 Å². The molecule has 1 saturated carbocycles. The van der Waals surface area contributed by atoms with Crippen molar-refractivity contribution in [2.45, 2.75) is 39.7 Å². The molecule has 0 unspecified atom stereocenters. The van der Waals surface area contributed by atoms with Gasteiger partial charge in [0, 0.05) is 43.2 Å². The van der Waals surface area contributed by atoms with E-state index >= 15 is 0 Å². The fourth-order valence-corrected chi connectivity index (χ4v) is 3.10. The largest absolute Gasteiger partial charge is 0.423 e. The van der Waals surface area contributed by atoms with Crippen LogP contribution in [-0.4, -0.2) is 23.9 Å². The molecule has 0 radical (unpaired) electrons. The number of fused-ring (bicyclic) bond motifs is 1. The van der Waals surface area contributed by atoms with Crippen molar-refractivity contribution in [3.63, 3.8) is 0 Å². The maximum Gasteiger partial charge on any atom is 0.336 e. The molecule has 5 nitrogen and oxygen atoms in total. The van der Waals surface area contributed by atoms with Crippen LogP contribution in [0.15, 0.2) is 33.5 Å². The van der Waals surface area contributed by atoms with Crippen LogP contribution < -0.4 is 10.9 Å². The molecule has 1 aromatic carbocycles. The molecule has 3 rings (SSSR count). The second-order valence-corrected chi connectivity index (χ2v) is 6.66. The predicted octanol–water partition coefficient (Wildman–Crippen LogP) is 3.37. The summed E-state index contributed by atoms with van der Waals surface area (Å²) in [6, 6.07) is 7.07. The van der Waals surface area contributed by atoms with E-state index in [4.69, 9.17) is 4.42 Å². The van der Waals surface area contributed by atoms with Crippen LogP contribution in [0.5, 0.6) is 0 Å². The molecule has 0 spiro atoms. The van der Waals surface area contributed by atoms with Crippen molar-refractivity contribution in [1.29, 1.82) is 0 Å². The van der Waals surface area contributed by atoms with E-state index in [1.54, 1.807) is 12.1 Å². The van der Waals surface area contributed by atoms with Gasteiger partial charge >= 0.3 is 5.63 Å². The third kappa shape index (κ3) is 4.23. The van der Waals surface area contributed by atoms with E-state index < -0.39 is 0 Å². The monoisotopic (exact) mass is 328 g/mol. The number of carbonyl (C=O) groups excluding carboxylic acids is 1. The molecule has 1 heterocycles. The number of nitrogens with one attached hydrogen (secondary N) is 1. The SMILES string of the molecule is CCCN(Cc1cc(=O)oc2cc(NC(C)=O)ccc12)CC1CC1. The molecule has 1 amide bonds. The molecule has 1 aromatic heterocycles. The van der Waals surface area contributed by atoms with Gasteiger partial charge in [-0.1, -0.05) is 6.92 Å². The third-order valence-corrected chi connectivity index (χ3v) is 4.30. The Morgan fingerprint density at radius 1 is 1.33 bits per heavy atom. The lowest BCUT2D eigenvalue weighted by atomic mass is 10.1. The molecule has 1 aliphatic carbocycles. The van der Waals surface area contributed by atoms with Gasteiger partial charge in [0.1, 0.15) is 5.58 Å². The number of amides is 1. The van der Waals surface area contributed by atoms with Crippen LogP contribution in [0.25, 0.3) is 11.0 Å². The number of rotatable bonds is 7. The Balaban J connectivity index is 1.90. The van der Waals surface area contributed by atoms with E-state index in [1.807, 2.05) is 12.1 Å². The maximum absolute atomic E-state index is 11.9. The molecule has 128 valence electrons. The highest BCUT2D eigenvalue weighted by Crippen LogP contribution is 2.31. The van der Waals surface area contributed by atoms with E-state index in [0.29, 0.717) is 11.3 Å². The van der Waals surface area contributed by atoms with Gasteiger partial charge in [0.2, 0.25) is 5.91 Å². The van der Waals surface area contributed by atoms with Crippen molar-refractivity contribution >= 4 is 22.6 Å². The maximum atomic E-state index is 11.9. The minimum Gasteiger partial charge on any atom is -0.423 e. The van der Waals surface area contributed by atoms with E-state index in [-0.39, 0.29) is 11.5 Å². The second-order valence-electron chi connectivity index (χ2n) is 6.66. The first kappa shape index (κ1) is 16.7. The number of benzene rings is 1. The molecule has 2 aromatic rings. The second kappa shape index (κ2) is 7.18. The zero-order valence-corrected chi connectivity index (χ0v) is 14.3. The van der Waals surface area contributed by atoms with E-state index in [0.717, 1.165) is 42.9 Å². The Labute approximate surface area is 141 Å². The van der Waals surface area contributed by atoms with Crippen LogP contribution in [-0.2, 0) is 11.3 Å². The number of carbonyl (C=O) groups is 1. The smallest absolute Gasteiger partial charge is 0.336 e. The van der Waals surface area contributed by atoms with Crippen LogP contribution in [0.1, 0.15) is 38.7 Å².